The predicted molar refractivity (Wildman–Crippen MR) is 67.8 cm³/mol. The van der Waals surface area contributed by atoms with Crippen LogP contribution in [0.15, 0.2) is 18.6 Å². The largest absolute Gasteiger partial charge is 0.354 e. The number of nitrogens with one attached hydrogen (secondary N) is 1. The highest BCUT2D eigenvalue weighted by atomic mass is 15.3. The summed E-state index contributed by atoms with van der Waals surface area (Å²) in [5, 5.41) is 7.38. The van der Waals surface area contributed by atoms with Gasteiger partial charge in [-0.2, -0.15) is 5.10 Å². The zero-order valence-electron chi connectivity index (χ0n) is 10.4. The summed E-state index contributed by atoms with van der Waals surface area (Å²) in [5.41, 5.74) is 3.03. The first-order chi connectivity index (χ1) is 8.24. The van der Waals surface area contributed by atoms with E-state index in [1.165, 1.54) is 0 Å². The molecule has 2 aromatic rings. The Labute approximate surface area is 101 Å². The molecule has 1 N–H and O–H groups in total. The first-order valence-electron chi connectivity index (χ1n) is 5.85. The Kier molecular flexibility index (Phi) is 3.37. The van der Waals surface area contributed by atoms with Gasteiger partial charge in [0.2, 0.25) is 5.95 Å². The standard InChI is InChI=1S/C12H17N5/c1-4-13-12-14-6-9(3)11(16-12)10-7-15-17(5-2)8-10/h6-8H,4-5H2,1-3H3,(H,13,14,16). The number of aromatic nitrogens is 4. The van der Waals surface area contributed by atoms with E-state index in [1.54, 1.807) is 0 Å². The lowest BCUT2D eigenvalue weighted by Gasteiger charge is -2.05. The molecule has 5 nitrogen and oxygen atoms in total. The molecule has 17 heavy (non-hydrogen) atoms. The molecule has 0 unspecified atom stereocenters. The molecule has 2 aromatic heterocycles. The number of hydrogen-bond acceptors (Lipinski definition) is 4. The summed E-state index contributed by atoms with van der Waals surface area (Å²) >= 11 is 0. The smallest absolute Gasteiger partial charge is 0.223 e. The maximum absolute atomic E-state index is 4.50. The summed E-state index contributed by atoms with van der Waals surface area (Å²) in [4.78, 5) is 8.74. The fourth-order valence-corrected chi connectivity index (χ4v) is 1.64. The molecule has 2 heterocycles. The van der Waals surface area contributed by atoms with Gasteiger partial charge in [0, 0.05) is 31.0 Å². The van der Waals surface area contributed by atoms with Gasteiger partial charge in [0.05, 0.1) is 11.9 Å². The summed E-state index contributed by atoms with van der Waals surface area (Å²) in [6.45, 7) is 7.78. The lowest BCUT2D eigenvalue weighted by molar-refractivity contribution is 0.660. The van der Waals surface area contributed by atoms with Crippen LogP contribution >= 0.6 is 0 Å². The highest BCUT2D eigenvalue weighted by Crippen LogP contribution is 2.20. The van der Waals surface area contributed by atoms with Gasteiger partial charge in [-0.1, -0.05) is 0 Å². The number of nitrogens with zero attached hydrogens (tertiary/aromatic N) is 4. The Morgan fingerprint density at radius 1 is 1.29 bits per heavy atom. The van der Waals surface area contributed by atoms with Crippen LogP contribution < -0.4 is 5.32 Å². The van der Waals surface area contributed by atoms with Gasteiger partial charge in [-0.05, 0) is 26.3 Å². The van der Waals surface area contributed by atoms with Crippen LogP contribution in [-0.4, -0.2) is 26.3 Å². The van der Waals surface area contributed by atoms with Crippen LogP contribution in [0.3, 0.4) is 0 Å². The fourth-order valence-electron chi connectivity index (χ4n) is 1.64. The third-order valence-electron chi connectivity index (χ3n) is 2.54. The SMILES string of the molecule is CCNc1ncc(C)c(-c2cnn(CC)c2)n1. The first kappa shape index (κ1) is 11.6. The van der Waals surface area contributed by atoms with Crippen molar-refractivity contribution in [3.05, 3.63) is 24.2 Å². The average molecular weight is 231 g/mol. The molecular formula is C12H17N5. The van der Waals surface area contributed by atoms with Crippen LogP contribution in [0.2, 0.25) is 0 Å². The van der Waals surface area contributed by atoms with Gasteiger partial charge in [-0.25, -0.2) is 9.97 Å². The topological polar surface area (TPSA) is 55.6 Å². The zero-order valence-corrected chi connectivity index (χ0v) is 10.4. The second-order valence-corrected chi connectivity index (χ2v) is 3.84. The quantitative estimate of drug-likeness (QED) is 0.875. The molecule has 0 fully saturated rings. The molecule has 0 aromatic carbocycles. The molecule has 0 aliphatic carbocycles. The molecule has 0 spiro atoms. The Morgan fingerprint density at radius 2 is 2.12 bits per heavy atom. The average Bonchev–Trinajstić information content (AvgIpc) is 2.80. The van der Waals surface area contributed by atoms with E-state index in [4.69, 9.17) is 0 Å². The van der Waals surface area contributed by atoms with E-state index in [9.17, 15) is 0 Å². The van der Waals surface area contributed by atoms with Gasteiger partial charge in [0.25, 0.3) is 0 Å². The minimum absolute atomic E-state index is 0.664. The molecule has 0 bridgehead atoms. The molecule has 0 atom stereocenters. The predicted octanol–water partition coefficient (Wildman–Crippen LogP) is 2.10. The molecule has 90 valence electrons. The van der Waals surface area contributed by atoms with Crippen LogP contribution in [0.4, 0.5) is 5.95 Å². The van der Waals surface area contributed by atoms with Gasteiger partial charge in [-0.15, -0.1) is 0 Å². The van der Waals surface area contributed by atoms with E-state index in [0.29, 0.717) is 5.95 Å². The normalized spacial score (nSPS) is 10.5. The van der Waals surface area contributed by atoms with Crippen LogP contribution in [-0.2, 0) is 6.54 Å². The molecule has 0 radical (unpaired) electrons. The molecule has 0 aliphatic rings. The molecule has 5 heteroatoms. The third-order valence-corrected chi connectivity index (χ3v) is 2.54. The number of aryl methyl sites for hydroxylation is 2. The van der Waals surface area contributed by atoms with E-state index in [1.807, 2.05) is 37.1 Å². The number of hydrogen-bond donors (Lipinski definition) is 1. The van der Waals surface area contributed by atoms with Crippen molar-refractivity contribution in [2.24, 2.45) is 0 Å². The number of anilines is 1. The lowest BCUT2D eigenvalue weighted by Crippen LogP contribution is -2.03. The first-order valence-corrected chi connectivity index (χ1v) is 5.85. The second kappa shape index (κ2) is 4.95. The number of rotatable bonds is 4. The van der Waals surface area contributed by atoms with Crippen molar-refractivity contribution < 1.29 is 0 Å². The molecule has 0 saturated heterocycles. The lowest BCUT2D eigenvalue weighted by atomic mass is 10.1. The summed E-state index contributed by atoms with van der Waals surface area (Å²) in [6.07, 6.45) is 5.68. The summed E-state index contributed by atoms with van der Waals surface area (Å²) in [5.74, 6) is 0.664. The molecule has 0 saturated carbocycles. The van der Waals surface area contributed by atoms with E-state index in [2.05, 4.69) is 27.3 Å². The van der Waals surface area contributed by atoms with Crippen molar-refractivity contribution in [2.75, 3.05) is 11.9 Å². The zero-order chi connectivity index (χ0) is 12.3. The van der Waals surface area contributed by atoms with E-state index in [0.717, 1.165) is 29.9 Å². The highest BCUT2D eigenvalue weighted by molar-refractivity contribution is 5.62. The van der Waals surface area contributed by atoms with Gasteiger partial charge in [0.1, 0.15) is 0 Å². The summed E-state index contributed by atoms with van der Waals surface area (Å²) < 4.78 is 1.89. The molecular weight excluding hydrogens is 214 g/mol. The van der Waals surface area contributed by atoms with Crippen LogP contribution in [0.1, 0.15) is 19.4 Å². The maximum atomic E-state index is 4.50. The summed E-state index contributed by atoms with van der Waals surface area (Å²) in [6, 6.07) is 0. The van der Waals surface area contributed by atoms with Crippen molar-refractivity contribution in [3.63, 3.8) is 0 Å². The Morgan fingerprint density at radius 3 is 2.76 bits per heavy atom. The van der Waals surface area contributed by atoms with E-state index < -0.39 is 0 Å². The fraction of sp³-hybridized carbons (Fsp3) is 0.417. The summed E-state index contributed by atoms with van der Waals surface area (Å²) in [7, 11) is 0. The van der Waals surface area contributed by atoms with Gasteiger partial charge in [0.15, 0.2) is 0 Å². The van der Waals surface area contributed by atoms with Crippen LogP contribution in [0.25, 0.3) is 11.3 Å². The Balaban J connectivity index is 2.39. The van der Waals surface area contributed by atoms with Crippen molar-refractivity contribution in [1.82, 2.24) is 19.7 Å². The Hall–Kier alpha value is -1.91. The van der Waals surface area contributed by atoms with Gasteiger partial charge >= 0.3 is 0 Å². The van der Waals surface area contributed by atoms with E-state index in [-0.39, 0.29) is 0 Å². The monoisotopic (exact) mass is 231 g/mol. The van der Waals surface area contributed by atoms with Crippen LogP contribution in [0.5, 0.6) is 0 Å². The minimum atomic E-state index is 0.664. The van der Waals surface area contributed by atoms with Crippen molar-refractivity contribution in [1.29, 1.82) is 0 Å². The van der Waals surface area contributed by atoms with Crippen molar-refractivity contribution in [2.45, 2.75) is 27.3 Å². The van der Waals surface area contributed by atoms with E-state index >= 15 is 0 Å². The van der Waals surface area contributed by atoms with Crippen molar-refractivity contribution in [3.8, 4) is 11.3 Å². The molecule has 0 aliphatic heterocycles. The minimum Gasteiger partial charge on any atom is -0.354 e. The van der Waals surface area contributed by atoms with Crippen molar-refractivity contribution >= 4 is 5.95 Å². The highest BCUT2D eigenvalue weighted by Gasteiger charge is 2.08. The van der Waals surface area contributed by atoms with Gasteiger partial charge < -0.3 is 5.32 Å². The van der Waals surface area contributed by atoms with Crippen LogP contribution in [0, 0.1) is 6.92 Å². The molecule has 0 amide bonds. The third kappa shape index (κ3) is 2.43. The second-order valence-electron chi connectivity index (χ2n) is 3.84. The van der Waals surface area contributed by atoms with Gasteiger partial charge in [-0.3, -0.25) is 4.68 Å². The molecule has 2 rings (SSSR count). The maximum Gasteiger partial charge on any atom is 0.223 e. The Bertz CT molecular complexity index is 503.